The maximum absolute atomic E-state index is 12.8. The number of fused-ring (bicyclic) bond motifs is 1. The Morgan fingerprint density at radius 1 is 0.935 bits per heavy atom. The van der Waals surface area contributed by atoms with Gasteiger partial charge in [-0.05, 0) is 36.4 Å². The molecule has 4 aromatic rings. The molecule has 31 heavy (non-hydrogen) atoms. The van der Waals surface area contributed by atoms with Gasteiger partial charge in [-0.2, -0.15) is 0 Å². The van der Waals surface area contributed by atoms with Crippen molar-refractivity contribution < 1.29 is 19.0 Å². The number of aromatic nitrogens is 2. The maximum Gasteiger partial charge on any atom is 0.244 e. The number of hydrogen-bond acceptors (Lipinski definition) is 5. The molecular formula is C24H23N3O4. The Morgan fingerprint density at radius 2 is 1.71 bits per heavy atom. The third kappa shape index (κ3) is 4.61. The van der Waals surface area contributed by atoms with E-state index in [2.05, 4.69) is 10.3 Å². The quantitative estimate of drug-likeness (QED) is 0.463. The van der Waals surface area contributed by atoms with Gasteiger partial charge in [-0.15, -0.1) is 0 Å². The highest BCUT2D eigenvalue weighted by Crippen LogP contribution is 2.27. The lowest BCUT2D eigenvalue weighted by Crippen LogP contribution is -2.20. The van der Waals surface area contributed by atoms with E-state index in [9.17, 15) is 4.79 Å². The third-order valence-electron chi connectivity index (χ3n) is 4.81. The minimum absolute atomic E-state index is 0.0995. The normalized spacial score (nSPS) is 10.6. The first-order valence-corrected chi connectivity index (χ1v) is 9.82. The summed E-state index contributed by atoms with van der Waals surface area (Å²) in [4.78, 5) is 17.5. The van der Waals surface area contributed by atoms with Crippen LogP contribution < -0.4 is 19.5 Å². The standard InChI is InChI=1S/C24H23N3O4/c1-29-18-9-7-8-17(14-18)25-24(28)15-27-20-11-4-3-10-19(20)26-23(27)16-31-22-13-6-5-12-21(22)30-2/h3-14H,15-16H2,1-2H3,(H,25,28). The lowest BCUT2D eigenvalue weighted by molar-refractivity contribution is -0.116. The van der Waals surface area contributed by atoms with Crippen LogP contribution in [0.15, 0.2) is 72.8 Å². The molecule has 3 aromatic carbocycles. The van der Waals surface area contributed by atoms with Crippen LogP contribution in [0.3, 0.4) is 0 Å². The predicted molar refractivity (Wildman–Crippen MR) is 119 cm³/mol. The molecule has 1 heterocycles. The van der Waals surface area contributed by atoms with Crippen LogP contribution in [0.1, 0.15) is 5.82 Å². The molecule has 0 saturated carbocycles. The molecule has 7 heteroatoms. The van der Waals surface area contributed by atoms with E-state index in [0.717, 1.165) is 11.0 Å². The lowest BCUT2D eigenvalue weighted by Gasteiger charge is -2.13. The zero-order valence-corrected chi connectivity index (χ0v) is 17.4. The minimum Gasteiger partial charge on any atom is -0.497 e. The van der Waals surface area contributed by atoms with Gasteiger partial charge in [-0.1, -0.05) is 30.3 Å². The largest absolute Gasteiger partial charge is 0.497 e. The second-order valence-corrected chi connectivity index (χ2v) is 6.82. The van der Waals surface area contributed by atoms with Crippen LogP contribution in [0.2, 0.25) is 0 Å². The van der Waals surface area contributed by atoms with Gasteiger partial charge in [0.2, 0.25) is 5.91 Å². The molecule has 7 nitrogen and oxygen atoms in total. The number of para-hydroxylation sites is 4. The number of benzene rings is 3. The summed E-state index contributed by atoms with van der Waals surface area (Å²) >= 11 is 0. The van der Waals surface area contributed by atoms with E-state index >= 15 is 0 Å². The zero-order valence-electron chi connectivity index (χ0n) is 17.4. The van der Waals surface area contributed by atoms with E-state index in [1.54, 1.807) is 20.3 Å². The average molecular weight is 417 g/mol. The van der Waals surface area contributed by atoms with Crippen molar-refractivity contribution in [2.24, 2.45) is 0 Å². The fourth-order valence-electron chi connectivity index (χ4n) is 3.34. The third-order valence-corrected chi connectivity index (χ3v) is 4.81. The fraction of sp³-hybridized carbons (Fsp3) is 0.167. The molecule has 0 aliphatic heterocycles. The predicted octanol–water partition coefficient (Wildman–Crippen LogP) is 4.27. The first-order valence-electron chi connectivity index (χ1n) is 9.82. The second kappa shape index (κ2) is 9.21. The first-order chi connectivity index (χ1) is 15.2. The molecule has 0 atom stereocenters. The van der Waals surface area contributed by atoms with Gasteiger partial charge in [-0.3, -0.25) is 4.79 Å². The van der Waals surface area contributed by atoms with Crippen LogP contribution in [-0.2, 0) is 17.9 Å². The van der Waals surface area contributed by atoms with E-state index in [4.69, 9.17) is 14.2 Å². The minimum atomic E-state index is -0.171. The van der Waals surface area contributed by atoms with E-state index in [-0.39, 0.29) is 19.1 Å². The lowest BCUT2D eigenvalue weighted by atomic mass is 10.3. The number of ether oxygens (including phenoxy) is 3. The summed E-state index contributed by atoms with van der Waals surface area (Å²) in [5.41, 5.74) is 2.33. The average Bonchev–Trinajstić information content (AvgIpc) is 3.15. The molecule has 158 valence electrons. The number of amides is 1. The Morgan fingerprint density at radius 3 is 2.52 bits per heavy atom. The first kappa shape index (κ1) is 20.3. The number of carbonyl (C=O) groups excluding carboxylic acids is 1. The van der Waals surface area contributed by atoms with E-state index in [0.29, 0.717) is 28.8 Å². The van der Waals surface area contributed by atoms with E-state index in [1.807, 2.05) is 71.3 Å². The number of anilines is 1. The monoisotopic (exact) mass is 417 g/mol. The van der Waals surface area contributed by atoms with Gasteiger partial charge in [-0.25, -0.2) is 4.98 Å². The number of methoxy groups -OCH3 is 2. The van der Waals surface area contributed by atoms with Crippen molar-refractivity contribution in [3.8, 4) is 17.2 Å². The second-order valence-electron chi connectivity index (χ2n) is 6.82. The fourth-order valence-corrected chi connectivity index (χ4v) is 3.34. The Balaban J connectivity index is 1.56. The van der Waals surface area contributed by atoms with Crippen molar-refractivity contribution in [2.45, 2.75) is 13.2 Å². The Bertz CT molecular complexity index is 1200. The Kier molecular flexibility index (Phi) is 6.03. The molecule has 0 saturated heterocycles. The van der Waals surface area contributed by atoms with Crippen molar-refractivity contribution in [1.29, 1.82) is 0 Å². The molecule has 0 fully saturated rings. The number of carbonyl (C=O) groups is 1. The van der Waals surface area contributed by atoms with Crippen molar-refractivity contribution in [3.05, 3.63) is 78.6 Å². The molecule has 0 spiro atoms. The maximum atomic E-state index is 12.8. The smallest absolute Gasteiger partial charge is 0.244 e. The summed E-state index contributed by atoms with van der Waals surface area (Å²) in [5.74, 6) is 2.41. The molecule has 0 radical (unpaired) electrons. The summed E-state index contributed by atoms with van der Waals surface area (Å²) in [7, 11) is 3.19. The van der Waals surface area contributed by atoms with Gasteiger partial charge in [0.1, 0.15) is 24.7 Å². The van der Waals surface area contributed by atoms with Crippen molar-refractivity contribution >= 4 is 22.6 Å². The number of hydrogen-bond donors (Lipinski definition) is 1. The molecule has 0 aliphatic rings. The van der Waals surface area contributed by atoms with Gasteiger partial charge >= 0.3 is 0 Å². The van der Waals surface area contributed by atoms with Gasteiger partial charge in [0.05, 0.1) is 25.3 Å². The van der Waals surface area contributed by atoms with Crippen molar-refractivity contribution in [3.63, 3.8) is 0 Å². The summed E-state index contributed by atoms with van der Waals surface area (Å²) in [6, 6.07) is 22.4. The van der Waals surface area contributed by atoms with Crippen LogP contribution in [0, 0.1) is 0 Å². The summed E-state index contributed by atoms with van der Waals surface area (Å²) in [5, 5.41) is 2.91. The van der Waals surface area contributed by atoms with Crippen LogP contribution in [0.25, 0.3) is 11.0 Å². The molecule has 0 aliphatic carbocycles. The van der Waals surface area contributed by atoms with Gasteiger partial charge in [0.15, 0.2) is 11.5 Å². The number of nitrogens with zero attached hydrogens (tertiary/aromatic N) is 2. The summed E-state index contributed by atoms with van der Waals surface area (Å²) in [6.07, 6.45) is 0. The van der Waals surface area contributed by atoms with Crippen molar-refractivity contribution in [1.82, 2.24) is 9.55 Å². The van der Waals surface area contributed by atoms with E-state index < -0.39 is 0 Å². The molecule has 0 bridgehead atoms. The van der Waals surface area contributed by atoms with Gasteiger partial charge in [0, 0.05) is 11.8 Å². The number of imidazole rings is 1. The van der Waals surface area contributed by atoms with Gasteiger partial charge in [0.25, 0.3) is 0 Å². The molecule has 1 amide bonds. The highest BCUT2D eigenvalue weighted by atomic mass is 16.5. The molecule has 1 N–H and O–H groups in total. The number of rotatable bonds is 8. The van der Waals surface area contributed by atoms with Crippen LogP contribution in [-0.4, -0.2) is 29.7 Å². The van der Waals surface area contributed by atoms with Crippen LogP contribution in [0.4, 0.5) is 5.69 Å². The molecular weight excluding hydrogens is 394 g/mol. The summed E-state index contributed by atoms with van der Waals surface area (Å²) in [6.45, 7) is 0.295. The van der Waals surface area contributed by atoms with E-state index in [1.165, 1.54) is 0 Å². The van der Waals surface area contributed by atoms with Gasteiger partial charge < -0.3 is 24.1 Å². The highest BCUT2D eigenvalue weighted by Gasteiger charge is 2.15. The molecule has 4 rings (SSSR count). The van der Waals surface area contributed by atoms with Crippen LogP contribution in [0.5, 0.6) is 17.2 Å². The molecule has 0 unspecified atom stereocenters. The zero-order chi connectivity index (χ0) is 21.6. The Hall–Kier alpha value is -4.00. The topological polar surface area (TPSA) is 74.6 Å². The summed E-state index contributed by atoms with van der Waals surface area (Å²) < 4.78 is 18.4. The Labute approximate surface area is 180 Å². The highest BCUT2D eigenvalue weighted by molar-refractivity contribution is 5.92. The SMILES string of the molecule is COc1cccc(NC(=O)Cn2c(COc3ccccc3OC)nc3ccccc32)c1. The molecule has 1 aromatic heterocycles. The van der Waals surface area contributed by atoms with Crippen LogP contribution >= 0.6 is 0 Å². The number of nitrogens with one attached hydrogen (secondary N) is 1. The van der Waals surface area contributed by atoms with Crippen molar-refractivity contribution in [2.75, 3.05) is 19.5 Å².